The Balaban J connectivity index is 2.27. The van der Waals surface area contributed by atoms with Crippen LogP contribution in [-0.2, 0) is 17.1 Å². The second kappa shape index (κ2) is 4.91. The molecule has 0 aliphatic rings. The van der Waals surface area contributed by atoms with Crippen LogP contribution in [0.1, 0.15) is 22.9 Å². The fraction of sp³-hybridized carbons (Fsp3) is 0.400. The van der Waals surface area contributed by atoms with Gasteiger partial charge < -0.3 is 10.3 Å². The maximum Gasteiger partial charge on any atom is 0.260 e. The molecule has 0 radical (unpaired) electrons. The number of sulfonamides is 1. The minimum atomic E-state index is -3.72. The van der Waals surface area contributed by atoms with Crippen LogP contribution >= 0.6 is 11.3 Å². The summed E-state index contributed by atoms with van der Waals surface area (Å²) in [7, 11) is -2.14. The highest BCUT2D eigenvalue weighted by Gasteiger charge is 2.25. The molecule has 0 amide bonds. The van der Waals surface area contributed by atoms with Crippen LogP contribution in [0, 0.1) is 6.92 Å². The number of nitrogens with one attached hydrogen (secondary N) is 1. The summed E-state index contributed by atoms with van der Waals surface area (Å²) in [6, 6.07) is -0.419. The highest BCUT2D eigenvalue weighted by Crippen LogP contribution is 2.22. The Morgan fingerprint density at radius 1 is 1.47 bits per heavy atom. The summed E-state index contributed by atoms with van der Waals surface area (Å²) in [4.78, 5) is 8.97. The Morgan fingerprint density at radius 3 is 2.63 bits per heavy atom. The van der Waals surface area contributed by atoms with Crippen molar-refractivity contribution in [2.24, 2.45) is 7.05 Å². The molecule has 1 atom stereocenters. The van der Waals surface area contributed by atoms with Gasteiger partial charge in [-0.05, 0) is 13.8 Å². The van der Waals surface area contributed by atoms with Gasteiger partial charge in [-0.15, -0.1) is 11.3 Å². The molecule has 0 aliphatic heterocycles. The molecule has 7 nitrogen and oxygen atoms in total. The van der Waals surface area contributed by atoms with Gasteiger partial charge in [0.2, 0.25) is 0 Å². The SMILES string of the molecule is Cc1cnc(C(C)NS(=O)(=O)c2c(N)ncn2C)s1. The number of aryl methyl sites for hydroxylation is 2. The Kier molecular flexibility index (Phi) is 3.61. The van der Waals surface area contributed by atoms with Crippen molar-refractivity contribution in [3.63, 3.8) is 0 Å². The lowest BCUT2D eigenvalue weighted by Crippen LogP contribution is -2.29. The van der Waals surface area contributed by atoms with Crippen LogP contribution in [0.2, 0.25) is 0 Å². The van der Waals surface area contributed by atoms with Crippen LogP contribution in [0.25, 0.3) is 0 Å². The van der Waals surface area contributed by atoms with Crippen LogP contribution < -0.4 is 10.5 Å². The number of rotatable bonds is 4. The molecule has 0 bridgehead atoms. The van der Waals surface area contributed by atoms with Crippen molar-refractivity contribution < 1.29 is 8.42 Å². The van der Waals surface area contributed by atoms with Crippen molar-refractivity contribution in [1.82, 2.24) is 19.3 Å². The summed E-state index contributed by atoms with van der Waals surface area (Å²) in [5.74, 6) is -0.0162. The first kappa shape index (κ1) is 14.0. The summed E-state index contributed by atoms with van der Waals surface area (Å²) >= 11 is 1.45. The number of hydrogen-bond donors (Lipinski definition) is 2. The van der Waals surface area contributed by atoms with E-state index < -0.39 is 16.1 Å². The van der Waals surface area contributed by atoms with Gasteiger partial charge in [0.05, 0.1) is 12.4 Å². The van der Waals surface area contributed by atoms with E-state index in [2.05, 4.69) is 14.7 Å². The first-order chi connectivity index (χ1) is 8.81. The lowest BCUT2D eigenvalue weighted by Gasteiger charge is -2.12. The molecule has 2 rings (SSSR count). The average Bonchev–Trinajstić information content (AvgIpc) is 2.85. The van der Waals surface area contributed by atoms with Crippen LogP contribution in [0.3, 0.4) is 0 Å². The maximum atomic E-state index is 12.3. The first-order valence-corrected chi connectivity index (χ1v) is 7.82. The molecular formula is C10H15N5O2S2. The molecule has 0 fully saturated rings. The highest BCUT2D eigenvalue weighted by atomic mass is 32.2. The van der Waals surface area contributed by atoms with E-state index in [1.54, 1.807) is 20.2 Å². The standard InChI is InChI=1S/C10H15N5O2S2/c1-6-4-12-9(18-6)7(2)14-19(16,17)10-8(11)13-5-15(10)3/h4-5,7,14H,11H2,1-3H3. The van der Waals surface area contributed by atoms with E-state index >= 15 is 0 Å². The molecule has 3 N–H and O–H groups in total. The fourth-order valence-corrected chi connectivity index (χ4v) is 3.97. The van der Waals surface area contributed by atoms with Gasteiger partial charge in [-0.25, -0.2) is 23.1 Å². The van der Waals surface area contributed by atoms with Crippen LogP contribution in [-0.4, -0.2) is 23.0 Å². The lowest BCUT2D eigenvalue weighted by molar-refractivity contribution is 0.557. The first-order valence-electron chi connectivity index (χ1n) is 5.52. The number of aromatic nitrogens is 3. The molecule has 0 aromatic carbocycles. The van der Waals surface area contributed by atoms with E-state index in [-0.39, 0.29) is 10.8 Å². The number of anilines is 1. The Hall–Kier alpha value is -1.45. The third-order valence-electron chi connectivity index (χ3n) is 2.51. The number of nitrogens with zero attached hydrogens (tertiary/aromatic N) is 3. The van der Waals surface area contributed by atoms with E-state index in [9.17, 15) is 8.42 Å². The Morgan fingerprint density at radius 2 is 2.16 bits per heavy atom. The lowest BCUT2D eigenvalue weighted by atomic mass is 10.4. The van der Waals surface area contributed by atoms with E-state index in [1.165, 1.54) is 22.2 Å². The van der Waals surface area contributed by atoms with Gasteiger partial charge in [0.25, 0.3) is 10.0 Å². The predicted molar refractivity (Wildman–Crippen MR) is 73.2 cm³/mol. The molecule has 0 spiro atoms. The third kappa shape index (κ3) is 2.77. The number of hydrogen-bond acceptors (Lipinski definition) is 6. The van der Waals surface area contributed by atoms with E-state index in [1.807, 2.05) is 6.92 Å². The maximum absolute atomic E-state index is 12.3. The minimum Gasteiger partial charge on any atom is -0.381 e. The van der Waals surface area contributed by atoms with Crippen molar-refractivity contribution in [2.75, 3.05) is 5.73 Å². The van der Waals surface area contributed by atoms with Gasteiger partial charge in [0.15, 0.2) is 10.8 Å². The van der Waals surface area contributed by atoms with Crippen molar-refractivity contribution in [3.8, 4) is 0 Å². The van der Waals surface area contributed by atoms with Crippen molar-refractivity contribution in [2.45, 2.75) is 24.9 Å². The zero-order valence-electron chi connectivity index (χ0n) is 10.8. The van der Waals surface area contributed by atoms with Crippen LogP contribution in [0.15, 0.2) is 17.6 Å². The third-order valence-corrected chi connectivity index (χ3v) is 5.27. The molecule has 2 heterocycles. The van der Waals surface area contributed by atoms with Gasteiger partial charge >= 0.3 is 0 Å². The quantitative estimate of drug-likeness (QED) is 0.869. The number of thiazole rings is 1. The summed E-state index contributed by atoms with van der Waals surface area (Å²) in [5.41, 5.74) is 5.58. The summed E-state index contributed by atoms with van der Waals surface area (Å²) in [6.45, 7) is 3.66. The van der Waals surface area contributed by atoms with E-state index in [4.69, 9.17) is 5.73 Å². The summed E-state index contributed by atoms with van der Waals surface area (Å²) in [6.07, 6.45) is 3.07. The largest absolute Gasteiger partial charge is 0.381 e. The average molecular weight is 301 g/mol. The summed E-state index contributed by atoms with van der Waals surface area (Å²) < 4.78 is 28.4. The highest BCUT2D eigenvalue weighted by molar-refractivity contribution is 7.89. The van der Waals surface area contributed by atoms with Gasteiger partial charge in [-0.1, -0.05) is 0 Å². The zero-order valence-corrected chi connectivity index (χ0v) is 12.4. The van der Waals surface area contributed by atoms with Crippen LogP contribution in [0.4, 0.5) is 5.82 Å². The number of imidazole rings is 1. The van der Waals surface area contributed by atoms with Crippen molar-refractivity contribution >= 4 is 27.2 Å². The smallest absolute Gasteiger partial charge is 0.260 e. The zero-order chi connectivity index (χ0) is 14.2. The predicted octanol–water partition coefficient (Wildman–Crippen LogP) is 0.807. The van der Waals surface area contributed by atoms with Crippen molar-refractivity contribution in [3.05, 3.63) is 22.4 Å². The molecule has 0 saturated heterocycles. The Bertz CT molecular complexity index is 669. The van der Waals surface area contributed by atoms with E-state index in [0.29, 0.717) is 5.01 Å². The molecule has 1 unspecified atom stereocenters. The molecule has 104 valence electrons. The number of nitrogens with two attached hydrogens (primary N) is 1. The molecule has 19 heavy (non-hydrogen) atoms. The normalized spacial score (nSPS) is 13.6. The molecule has 0 aliphatic carbocycles. The molecule has 2 aromatic heterocycles. The van der Waals surface area contributed by atoms with Gasteiger partial charge in [-0.3, -0.25) is 0 Å². The second-order valence-electron chi connectivity index (χ2n) is 4.20. The second-order valence-corrected chi connectivity index (χ2v) is 7.09. The van der Waals surface area contributed by atoms with E-state index in [0.717, 1.165) is 4.88 Å². The Labute approximate surface area is 115 Å². The van der Waals surface area contributed by atoms with Gasteiger partial charge in [0, 0.05) is 18.1 Å². The van der Waals surface area contributed by atoms with Crippen LogP contribution in [0.5, 0.6) is 0 Å². The topological polar surface area (TPSA) is 103 Å². The van der Waals surface area contributed by atoms with Gasteiger partial charge in [0.1, 0.15) is 5.01 Å². The molecule has 0 saturated carbocycles. The minimum absolute atomic E-state index is 0.0162. The molecule has 9 heteroatoms. The molecule has 2 aromatic rings. The number of nitrogen functional groups attached to an aromatic ring is 1. The van der Waals surface area contributed by atoms with Crippen molar-refractivity contribution in [1.29, 1.82) is 0 Å². The monoisotopic (exact) mass is 301 g/mol. The van der Waals surface area contributed by atoms with Gasteiger partial charge in [-0.2, -0.15) is 0 Å². The molecular weight excluding hydrogens is 286 g/mol. The summed E-state index contributed by atoms with van der Waals surface area (Å²) in [5, 5.41) is 0.675. The fourth-order valence-electron chi connectivity index (χ4n) is 1.68.